The molecule has 0 amide bonds. The molecule has 19 heavy (non-hydrogen) atoms. The van der Waals surface area contributed by atoms with Crippen LogP contribution in [0.2, 0.25) is 0 Å². The Labute approximate surface area is 120 Å². The second-order valence-electron chi connectivity index (χ2n) is 5.19. The van der Waals surface area contributed by atoms with Gasteiger partial charge in [-0.2, -0.15) is 0 Å². The van der Waals surface area contributed by atoms with E-state index in [1.807, 2.05) is 4.90 Å². The zero-order valence-electron chi connectivity index (χ0n) is 10.8. The normalized spacial score (nSPS) is 24.4. The van der Waals surface area contributed by atoms with Crippen LogP contribution in [-0.2, 0) is 11.3 Å². The van der Waals surface area contributed by atoms with Gasteiger partial charge >= 0.3 is 5.97 Å². The van der Waals surface area contributed by atoms with Crippen LogP contribution in [-0.4, -0.2) is 28.1 Å². The van der Waals surface area contributed by atoms with Crippen LogP contribution < -0.4 is 0 Å². The molecular weight excluding hydrogens is 313 g/mol. The average Bonchev–Trinajstić information content (AvgIpc) is 2.36. The Morgan fingerprint density at radius 3 is 2.95 bits per heavy atom. The fraction of sp³-hybridized carbons (Fsp3) is 0.500. The van der Waals surface area contributed by atoms with E-state index in [1.54, 1.807) is 19.1 Å². The van der Waals surface area contributed by atoms with E-state index >= 15 is 0 Å². The van der Waals surface area contributed by atoms with E-state index in [-0.39, 0.29) is 5.82 Å². The summed E-state index contributed by atoms with van der Waals surface area (Å²) in [5, 5.41) is 9.43. The number of nitrogens with zero attached hydrogens (tertiary/aromatic N) is 1. The predicted molar refractivity (Wildman–Crippen MR) is 74.4 cm³/mol. The van der Waals surface area contributed by atoms with Gasteiger partial charge < -0.3 is 5.11 Å². The number of rotatable bonds is 3. The van der Waals surface area contributed by atoms with Gasteiger partial charge in [-0.15, -0.1) is 0 Å². The number of halogens is 2. The van der Waals surface area contributed by atoms with Crippen molar-refractivity contribution in [1.82, 2.24) is 4.90 Å². The van der Waals surface area contributed by atoms with Gasteiger partial charge in [-0.1, -0.05) is 15.9 Å². The summed E-state index contributed by atoms with van der Waals surface area (Å²) in [5.74, 6) is -1.12. The molecule has 3 nitrogen and oxygen atoms in total. The van der Waals surface area contributed by atoms with E-state index in [0.717, 1.165) is 17.3 Å². The van der Waals surface area contributed by atoms with E-state index in [1.165, 1.54) is 6.07 Å². The van der Waals surface area contributed by atoms with Crippen molar-refractivity contribution in [1.29, 1.82) is 0 Å². The van der Waals surface area contributed by atoms with Gasteiger partial charge in [0.2, 0.25) is 0 Å². The zero-order valence-corrected chi connectivity index (χ0v) is 12.4. The molecule has 1 aromatic carbocycles. The number of aliphatic carboxylic acids is 1. The summed E-state index contributed by atoms with van der Waals surface area (Å²) in [4.78, 5) is 13.3. The van der Waals surface area contributed by atoms with Crippen molar-refractivity contribution in [2.75, 3.05) is 6.54 Å². The largest absolute Gasteiger partial charge is 0.480 e. The minimum atomic E-state index is -0.896. The summed E-state index contributed by atoms with van der Waals surface area (Å²) in [6.07, 6.45) is 2.47. The molecule has 0 aliphatic carbocycles. The molecule has 0 bridgehead atoms. The van der Waals surface area contributed by atoms with Gasteiger partial charge in [0.1, 0.15) is 11.4 Å². The number of hydrogen-bond acceptors (Lipinski definition) is 2. The molecule has 1 atom stereocenters. The highest BCUT2D eigenvalue weighted by molar-refractivity contribution is 9.10. The first-order chi connectivity index (χ1) is 8.93. The first kappa shape index (κ1) is 14.5. The lowest BCUT2D eigenvalue weighted by Gasteiger charge is -2.41. The van der Waals surface area contributed by atoms with Crippen LogP contribution >= 0.6 is 15.9 Å². The van der Waals surface area contributed by atoms with E-state index in [4.69, 9.17) is 0 Å². The highest BCUT2D eigenvalue weighted by Crippen LogP contribution is 2.30. The average molecular weight is 330 g/mol. The molecule has 1 aliphatic rings. The number of hydrogen-bond donors (Lipinski definition) is 1. The molecule has 2 rings (SSSR count). The van der Waals surface area contributed by atoms with E-state index in [0.29, 0.717) is 25.1 Å². The number of piperidine rings is 1. The minimum absolute atomic E-state index is 0.290. The van der Waals surface area contributed by atoms with Crippen LogP contribution in [0.5, 0.6) is 0 Å². The van der Waals surface area contributed by atoms with Gasteiger partial charge in [-0.05, 0) is 50.9 Å². The quantitative estimate of drug-likeness (QED) is 0.923. The molecule has 0 spiro atoms. The van der Waals surface area contributed by atoms with Crippen LogP contribution in [0.4, 0.5) is 4.39 Å². The Morgan fingerprint density at radius 1 is 1.53 bits per heavy atom. The molecule has 5 heteroatoms. The number of benzene rings is 1. The highest BCUT2D eigenvalue weighted by Gasteiger charge is 2.41. The van der Waals surface area contributed by atoms with Gasteiger partial charge in [-0.3, -0.25) is 9.69 Å². The molecule has 0 aromatic heterocycles. The fourth-order valence-electron chi connectivity index (χ4n) is 2.54. The smallest absolute Gasteiger partial charge is 0.323 e. The molecule has 1 aliphatic heterocycles. The third-order valence-corrected chi connectivity index (χ3v) is 4.36. The predicted octanol–water partition coefficient (Wildman–Crippen LogP) is 3.42. The summed E-state index contributed by atoms with van der Waals surface area (Å²) >= 11 is 3.32. The van der Waals surface area contributed by atoms with E-state index in [9.17, 15) is 14.3 Å². The van der Waals surface area contributed by atoms with Crippen LogP contribution in [0.3, 0.4) is 0 Å². The molecule has 104 valence electrons. The van der Waals surface area contributed by atoms with Crippen LogP contribution in [0.1, 0.15) is 31.7 Å². The first-order valence-electron chi connectivity index (χ1n) is 6.36. The molecule has 1 fully saturated rings. The van der Waals surface area contributed by atoms with Crippen molar-refractivity contribution in [3.63, 3.8) is 0 Å². The SMILES string of the molecule is CC1(C(=O)O)CCCCN1Cc1cc(Br)ccc1F. The van der Waals surface area contributed by atoms with Crippen molar-refractivity contribution >= 4 is 21.9 Å². The molecule has 1 heterocycles. The molecule has 0 radical (unpaired) electrons. The van der Waals surface area contributed by atoms with Crippen molar-refractivity contribution < 1.29 is 14.3 Å². The lowest BCUT2D eigenvalue weighted by molar-refractivity contribution is -0.153. The third-order valence-electron chi connectivity index (χ3n) is 3.87. The van der Waals surface area contributed by atoms with Crippen molar-refractivity contribution in [3.8, 4) is 0 Å². The minimum Gasteiger partial charge on any atom is -0.480 e. The second kappa shape index (κ2) is 5.59. The summed E-state index contributed by atoms with van der Waals surface area (Å²) in [6.45, 7) is 2.74. The molecule has 1 saturated heterocycles. The van der Waals surface area contributed by atoms with Crippen molar-refractivity contribution in [3.05, 3.63) is 34.1 Å². The van der Waals surface area contributed by atoms with Gasteiger partial charge in [0.25, 0.3) is 0 Å². The van der Waals surface area contributed by atoms with Gasteiger partial charge in [0.15, 0.2) is 0 Å². The van der Waals surface area contributed by atoms with Gasteiger partial charge in [0.05, 0.1) is 0 Å². The lowest BCUT2D eigenvalue weighted by atomic mass is 9.88. The van der Waals surface area contributed by atoms with E-state index < -0.39 is 11.5 Å². The molecular formula is C14H17BrFNO2. The third kappa shape index (κ3) is 2.98. The Kier molecular flexibility index (Phi) is 4.26. The summed E-state index contributed by atoms with van der Waals surface area (Å²) in [7, 11) is 0. The number of carbonyl (C=O) groups is 1. The van der Waals surface area contributed by atoms with E-state index in [2.05, 4.69) is 15.9 Å². The van der Waals surface area contributed by atoms with Crippen LogP contribution in [0, 0.1) is 5.82 Å². The molecule has 1 unspecified atom stereocenters. The topological polar surface area (TPSA) is 40.5 Å². The summed E-state index contributed by atoms with van der Waals surface area (Å²) < 4.78 is 14.6. The molecule has 1 aromatic rings. The Morgan fingerprint density at radius 2 is 2.26 bits per heavy atom. The van der Waals surface area contributed by atoms with Gasteiger partial charge in [0, 0.05) is 16.6 Å². The zero-order chi connectivity index (χ0) is 14.0. The van der Waals surface area contributed by atoms with Crippen molar-refractivity contribution in [2.24, 2.45) is 0 Å². The highest BCUT2D eigenvalue weighted by atomic mass is 79.9. The Hall–Kier alpha value is -0.940. The Balaban J connectivity index is 2.25. The standard InChI is InChI=1S/C14H17BrFNO2/c1-14(13(18)19)6-2-3-7-17(14)9-10-8-11(15)4-5-12(10)16/h4-5,8H,2-3,6-7,9H2,1H3,(H,18,19). The maximum atomic E-state index is 13.8. The second-order valence-corrected chi connectivity index (χ2v) is 6.11. The summed E-state index contributed by atoms with van der Waals surface area (Å²) in [5.41, 5.74) is -0.365. The summed E-state index contributed by atoms with van der Waals surface area (Å²) in [6, 6.07) is 4.76. The number of carboxylic acids is 1. The van der Waals surface area contributed by atoms with Crippen LogP contribution in [0.15, 0.2) is 22.7 Å². The van der Waals surface area contributed by atoms with Crippen LogP contribution in [0.25, 0.3) is 0 Å². The number of carboxylic acid groups (broad SMARTS) is 1. The maximum absolute atomic E-state index is 13.8. The molecule has 1 N–H and O–H groups in total. The number of likely N-dealkylation sites (tertiary alicyclic amines) is 1. The molecule has 0 saturated carbocycles. The fourth-order valence-corrected chi connectivity index (χ4v) is 2.95. The monoisotopic (exact) mass is 329 g/mol. The Bertz CT molecular complexity index is 494. The van der Waals surface area contributed by atoms with Gasteiger partial charge in [-0.25, -0.2) is 4.39 Å². The lowest BCUT2D eigenvalue weighted by Crippen LogP contribution is -2.54. The van der Waals surface area contributed by atoms with Crippen molar-refractivity contribution in [2.45, 2.75) is 38.3 Å². The first-order valence-corrected chi connectivity index (χ1v) is 7.15. The maximum Gasteiger partial charge on any atom is 0.323 e.